The van der Waals surface area contributed by atoms with Gasteiger partial charge in [-0.05, 0) is 38.1 Å². The minimum atomic E-state index is -0.162. The summed E-state index contributed by atoms with van der Waals surface area (Å²) in [5, 5.41) is 4.48. The first-order valence-corrected chi connectivity index (χ1v) is 8.16. The molecule has 130 valence electrons. The zero-order chi connectivity index (χ0) is 18.7. The number of hydrogen-bond donors (Lipinski definition) is 0. The summed E-state index contributed by atoms with van der Waals surface area (Å²) in [5.41, 5.74) is 3.72. The molecule has 7 nitrogen and oxygen atoms in total. The highest BCUT2D eigenvalue weighted by Crippen LogP contribution is 2.24. The Bertz CT molecular complexity index is 967. The van der Waals surface area contributed by atoms with Gasteiger partial charge in [0, 0.05) is 25.5 Å². The van der Waals surface area contributed by atoms with Gasteiger partial charge in [-0.1, -0.05) is 6.07 Å². The molecule has 3 rings (SSSR count). The van der Waals surface area contributed by atoms with Crippen molar-refractivity contribution < 1.29 is 4.79 Å². The molecule has 0 radical (unpaired) electrons. The number of aromatic nitrogens is 4. The fourth-order valence-corrected chi connectivity index (χ4v) is 2.39. The Morgan fingerprint density at radius 3 is 2.62 bits per heavy atom. The first-order valence-electron chi connectivity index (χ1n) is 8.16. The minimum absolute atomic E-state index is 0.162. The second-order valence-corrected chi connectivity index (χ2v) is 5.82. The number of pyridine rings is 2. The zero-order valence-electron chi connectivity index (χ0n) is 14.8. The van der Waals surface area contributed by atoms with Gasteiger partial charge in [-0.2, -0.15) is 5.10 Å². The number of nitrogens with zero attached hydrogens (tertiary/aromatic N) is 6. The number of hydrogen-bond acceptors (Lipinski definition) is 4. The summed E-state index contributed by atoms with van der Waals surface area (Å²) < 4.78 is 1.66. The van der Waals surface area contributed by atoms with Crippen LogP contribution < -0.4 is 0 Å². The molecule has 0 bridgehead atoms. The SMILES string of the molecule is [C-]#[N+]c1ccc(-c2cc(C(=O)N(C)CC)nn2-c2ccc(C)nc2)nc1. The highest BCUT2D eigenvalue weighted by atomic mass is 16.2. The summed E-state index contributed by atoms with van der Waals surface area (Å²) in [4.78, 5) is 26.1. The van der Waals surface area contributed by atoms with Gasteiger partial charge < -0.3 is 4.90 Å². The first kappa shape index (κ1) is 17.3. The molecular weight excluding hydrogens is 328 g/mol. The summed E-state index contributed by atoms with van der Waals surface area (Å²) in [6, 6.07) is 8.94. The maximum absolute atomic E-state index is 12.5. The van der Waals surface area contributed by atoms with Crippen molar-refractivity contribution in [1.82, 2.24) is 24.6 Å². The largest absolute Gasteiger partial charge is 0.341 e. The molecule has 0 N–H and O–H groups in total. The second-order valence-electron chi connectivity index (χ2n) is 5.82. The predicted molar refractivity (Wildman–Crippen MR) is 98.2 cm³/mol. The summed E-state index contributed by atoms with van der Waals surface area (Å²) >= 11 is 0. The molecule has 1 amide bonds. The quantitative estimate of drug-likeness (QED) is 0.680. The first-order chi connectivity index (χ1) is 12.5. The second kappa shape index (κ2) is 7.15. The van der Waals surface area contributed by atoms with Gasteiger partial charge in [0.1, 0.15) is 0 Å². The van der Waals surface area contributed by atoms with Crippen LogP contribution in [-0.4, -0.2) is 44.1 Å². The number of aryl methyl sites for hydroxylation is 1. The van der Waals surface area contributed by atoms with Crippen molar-refractivity contribution in [2.24, 2.45) is 0 Å². The van der Waals surface area contributed by atoms with Gasteiger partial charge in [-0.25, -0.2) is 9.53 Å². The lowest BCUT2D eigenvalue weighted by Gasteiger charge is -2.11. The molecule has 0 unspecified atom stereocenters. The molecule has 0 saturated heterocycles. The number of rotatable bonds is 4. The normalized spacial score (nSPS) is 10.4. The van der Waals surface area contributed by atoms with Crippen LogP contribution in [0.15, 0.2) is 42.7 Å². The van der Waals surface area contributed by atoms with E-state index in [1.165, 1.54) is 6.20 Å². The van der Waals surface area contributed by atoms with E-state index in [-0.39, 0.29) is 5.91 Å². The van der Waals surface area contributed by atoms with Crippen molar-refractivity contribution in [3.8, 4) is 17.1 Å². The van der Waals surface area contributed by atoms with Crippen molar-refractivity contribution in [2.75, 3.05) is 13.6 Å². The Morgan fingerprint density at radius 1 is 1.23 bits per heavy atom. The molecule has 0 fully saturated rings. The Hall–Kier alpha value is -3.53. The van der Waals surface area contributed by atoms with E-state index in [1.54, 1.807) is 41.0 Å². The van der Waals surface area contributed by atoms with E-state index < -0.39 is 0 Å². The van der Waals surface area contributed by atoms with Crippen LogP contribution in [0.4, 0.5) is 5.69 Å². The molecule has 0 aliphatic carbocycles. The van der Waals surface area contributed by atoms with Crippen LogP contribution in [0, 0.1) is 13.5 Å². The van der Waals surface area contributed by atoms with E-state index in [0.29, 0.717) is 29.3 Å². The van der Waals surface area contributed by atoms with E-state index >= 15 is 0 Å². The van der Waals surface area contributed by atoms with Gasteiger partial charge in [0.2, 0.25) is 5.69 Å². The van der Waals surface area contributed by atoms with Crippen LogP contribution in [0.1, 0.15) is 23.1 Å². The Morgan fingerprint density at radius 2 is 2.04 bits per heavy atom. The van der Waals surface area contributed by atoms with E-state index in [1.807, 2.05) is 26.0 Å². The molecule has 3 aromatic heterocycles. The summed E-state index contributed by atoms with van der Waals surface area (Å²) in [6.07, 6.45) is 3.21. The lowest BCUT2D eigenvalue weighted by Crippen LogP contribution is -2.26. The van der Waals surface area contributed by atoms with Crippen molar-refractivity contribution in [3.63, 3.8) is 0 Å². The molecule has 0 atom stereocenters. The third-order valence-electron chi connectivity index (χ3n) is 4.03. The van der Waals surface area contributed by atoms with Crippen molar-refractivity contribution >= 4 is 11.6 Å². The molecule has 0 aromatic carbocycles. The fraction of sp³-hybridized carbons (Fsp3) is 0.211. The fourth-order valence-electron chi connectivity index (χ4n) is 2.39. The molecule has 0 saturated carbocycles. The predicted octanol–water partition coefficient (Wildman–Crippen LogP) is 3.28. The molecular formula is C19H18N6O. The smallest absolute Gasteiger partial charge is 0.274 e. The van der Waals surface area contributed by atoms with Crippen molar-refractivity contribution in [1.29, 1.82) is 0 Å². The molecule has 0 aliphatic rings. The Labute approximate surface area is 151 Å². The number of amides is 1. The van der Waals surface area contributed by atoms with Crippen LogP contribution in [0.25, 0.3) is 21.9 Å². The number of carbonyl (C=O) groups is 1. The van der Waals surface area contributed by atoms with Gasteiger partial charge in [-0.15, -0.1) is 0 Å². The molecule has 3 aromatic rings. The maximum Gasteiger partial charge on any atom is 0.274 e. The van der Waals surface area contributed by atoms with Crippen LogP contribution in [0.5, 0.6) is 0 Å². The average molecular weight is 346 g/mol. The van der Waals surface area contributed by atoms with Gasteiger partial charge in [0.15, 0.2) is 5.69 Å². The van der Waals surface area contributed by atoms with E-state index in [9.17, 15) is 4.79 Å². The maximum atomic E-state index is 12.5. The van der Waals surface area contributed by atoms with E-state index in [0.717, 1.165) is 11.4 Å². The monoisotopic (exact) mass is 346 g/mol. The average Bonchev–Trinajstić information content (AvgIpc) is 3.12. The molecule has 0 spiro atoms. The summed E-state index contributed by atoms with van der Waals surface area (Å²) in [6.45, 7) is 11.5. The molecule has 3 heterocycles. The van der Waals surface area contributed by atoms with Crippen LogP contribution >= 0.6 is 0 Å². The highest BCUT2D eigenvalue weighted by Gasteiger charge is 2.19. The Balaban J connectivity index is 2.13. The lowest BCUT2D eigenvalue weighted by molar-refractivity contribution is 0.0796. The topological polar surface area (TPSA) is 68.3 Å². The zero-order valence-corrected chi connectivity index (χ0v) is 14.8. The van der Waals surface area contributed by atoms with Crippen LogP contribution in [-0.2, 0) is 0 Å². The minimum Gasteiger partial charge on any atom is -0.341 e. The van der Waals surface area contributed by atoms with Gasteiger partial charge in [0.05, 0.1) is 29.8 Å². The lowest BCUT2D eigenvalue weighted by atomic mass is 10.2. The van der Waals surface area contributed by atoms with Crippen LogP contribution in [0.2, 0.25) is 0 Å². The van der Waals surface area contributed by atoms with Gasteiger partial charge in [0.25, 0.3) is 5.91 Å². The third kappa shape index (κ3) is 3.30. The molecule has 0 aliphatic heterocycles. The molecule has 26 heavy (non-hydrogen) atoms. The van der Waals surface area contributed by atoms with Crippen molar-refractivity contribution in [3.05, 3.63) is 65.5 Å². The van der Waals surface area contributed by atoms with E-state index in [2.05, 4.69) is 19.9 Å². The summed E-state index contributed by atoms with van der Waals surface area (Å²) in [5.74, 6) is -0.162. The molecule has 7 heteroatoms. The van der Waals surface area contributed by atoms with Crippen molar-refractivity contribution in [2.45, 2.75) is 13.8 Å². The van der Waals surface area contributed by atoms with Gasteiger partial charge >= 0.3 is 0 Å². The Kier molecular flexibility index (Phi) is 4.76. The highest BCUT2D eigenvalue weighted by molar-refractivity contribution is 5.93. The van der Waals surface area contributed by atoms with Gasteiger partial charge in [-0.3, -0.25) is 14.8 Å². The standard InChI is InChI=1S/C19H18N6O/c1-5-24(4)19(26)17-10-18(16-9-7-14(20-3)11-22-16)25(23-17)15-8-6-13(2)21-12-15/h6-12H,5H2,1-2,4H3. The third-order valence-corrected chi connectivity index (χ3v) is 4.03. The van der Waals surface area contributed by atoms with Crippen LogP contribution in [0.3, 0.4) is 0 Å². The van der Waals surface area contributed by atoms with E-state index in [4.69, 9.17) is 6.57 Å². The summed E-state index contributed by atoms with van der Waals surface area (Å²) in [7, 11) is 1.73. The number of carbonyl (C=O) groups excluding carboxylic acids is 1.